The number of primary amides is 1. The number of amides is 1. The second-order valence-electron chi connectivity index (χ2n) is 4.22. The monoisotopic (exact) mass is 305 g/mol. The Hall–Kier alpha value is -1.28. The number of nitrogen functional groups attached to an aromatic ring is 1. The van der Waals surface area contributed by atoms with E-state index in [1.807, 2.05) is 13.8 Å². The molecule has 0 aliphatic carbocycles. The summed E-state index contributed by atoms with van der Waals surface area (Å²) in [5.74, 6) is -0.798. The molecule has 0 aliphatic rings. The van der Waals surface area contributed by atoms with Gasteiger partial charge in [-0.2, -0.15) is 0 Å². The van der Waals surface area contributed by atoms with Crippen LogP contribution in [0, 0.1) is 0 Å². The number of carbonyl (C=O) groups is 1. The molecule has 0 radical (unpaired) electrons. The number of anilines is 2. The van der Waals surface area contributed by atoms with Crippen LogP contribution in [0.5, 0.6) is 0 Å². The summed E-state index contributed by atoms with van der Waals surface area (Å²) in [5, 5.41) is 3.46. The third kappa shape index (κ3) is 3.19. The van der Waals surface area contributed by atoms with E-state index in [-0.39, 0.29) is 27.3 Å². The molecule has 5 N–H and O–H groups in total. The van der Waals surface area contributed by atoms with Crippen LogP contribution < -0.4 is 16.8 Å². The summed E-state index contributed by atoms with van der Waals surface area (Å²) in [7, 11) is -3.51. The van der Waals surface area contributed by atoms with Crippen molar-refractivity contribution in [3.63, 3.8) is 0 Å². The molecule has 1 aromatic rings. The first-order chi connectivity index (χ1) is 8.74. The number of hydrogen-bond donors (Lipinski definition) is 3. The van der Waals surface area contributed by atoms with E-state index in [0.29, 0.717) is 5.00 Å². The Morgan fingerprint density at radius 3 is 2.42 bits per heavy atom. The van der Waals surface area contributed by atoms with Crippen molar-refractivity contribution in [2.45, 2.75) is 38.1 Å². The van der Waals surface area contributed by atoms with Crippen LogP contribution in [0.3, 0.4) is 0 Å². The first kappa shape index (κ1) is 15.8. The lowest BCUT2D eigenvalue weighted by Crippen LogP contribution is -2.16. The molecule has 19 heavy (non-hydrogen) atoms. The van der Waals surface area contributed by atoms with Gasteiger partial charge in [-0.05, 0) is 13.3 Å². The second kappa shape index (κ2) is 5.79. The number of sulfone groups is 1. The summed E-state index contributed by atoms with van der Waals surface area (Å²) in [6.07, 6.45) is 0.815. The fourth-order valence-corrected chi connectivity index (χ4v) is 4.10. The van der Waals surface area contributed by atoms with Gasteiger partial charge in [0.2, 0.25) is 0 Å². The molecule has 0 saturated carbocycles. The van der Waals surface area contributed by atoms with Gasteiger partial charge in [-0.1, -0.05) is 13.8 Å². The normalized spacial score (nSPS) is 13.2. The molecule has 0 bridgehead atoms. The van der Waals surface area contributed by atoms with Gasteiger partial charge in [-0.3, -0.25) is 4.79 Å². The van der Waals surface area contributed by atoms with E-state index >= 15 is 0 Å². The number of hydrogen-bond acceptors (Lipinski definition) is 6. The van der Waals surface area contributed by atoms with Crippen molar-refractivity contribution in [3.05, 3.63) is 4.88 Å². The molecule has 1 amide bonds. The lowest BCUT2D eigenvalue weighted by atomic mass is 10.3. The number of nitrogens with one attached hydrogen (secondary N) is 1. The SMILES string of the molecule is CCC(C)Nc1sc(C(N)=O)c(N)c1S(=O)(=O)CC. The molecule has 0 fully saturated rings. The van der Waals surface area contributed by atoms with Crippen molar-refractivity contribution >= 4 is 37.8 Å². The van der Waals surface area contributed by atoms with Crippen LogP contribution in [0.1, 0.15) is 36.9 Å². The summed E-state index contributed by atoms with van der Waals surface area (Å²) < 4.78 is 24.2. The summed E-state index contributed by atoms with van der Waals surface area (Å²) in [5.41, 5.74) is 10.9. The van der Waals surface area contributed by atoms with Crippen LogP contribution in [-0.2, 0) is 9.84 Å². The number of thiophene rings is 1. The van der Waals surface area contributed by atoms with E-state index in [2.05, 4.69) is 5.32 Å². The Bertz CT molecular complexity index is 578. The van der Waals surface area contributed by atoms with Crippen molar-refractivity contribution in [2.75, 3.05) is 16.8 Å². The summed E-state index contributed by atoms with van der Waals surface area (Å²) in [6.45, 7) is 5.42. The van der Waals surface area contributed by atoms with Gasteiger partial charge >= 0.3 is 0 Å². The third-order valence-corrected chi connectivity index (χ3v) is 5.89. The van der Waals surface area contributed by atoms with Gasteiger partial charge in [-0.25, -0.2) is 8.42 Å². The van der Waals surface area contributed by atoms with Gasteiger partial charge in [-0.15, -0.1) is 11.3 Å². The predicted molar refractivity (Wildman–Crippen MR) is 78.4 cm³/mol. The van der Waals surface area contributed by atoms with Crippen LogP contribution >= 0.6 is 11.3 Å². The van der Waals surface area contributed by atoms with Gasteiger partial charge in [0, 0.05) is 6.04 Å². The number of carbonyl (C=O) groups excluding carboxylic acids is 1. The summed E-state index contributed by atoms with van der Waals surface area (Å²) in [4.78, 5) is 11.4. The van der Waals surface area contributed by atoms with E-state index in [1.54, 1.807) is 0 Å². The average molecular weight is 305 g/mol. The highest BCUT2D eigenvalue weighted by atomic mass is 32.2. The van der Waals surface area contributed by atoms with E-state index < -0.39 is 15.7 Å². The highest BCUT2D eigenvalue weighted by molar-refractivity contribution is 7.91. The maximum Gasteiger partial charge on any atom is 0.261 e. The second-order valence-corrected chi connectivity index (χ2v) is 7.46. The fraction of sp³-hybridized carbons (Fsp3) is 0.545. The Morgan fingerprint density at radius 2 is 2.00 bits per heavy atom. The molecular weight excluding hydrogens is 286 g/mol. The van der Waals surface area contributed by atoms with Crippen LogP contribution in [0.4, 0.5) is 10.7 Å². The minimum atomic E-state index is -3.51. The lowest BCUT2D eigenvalue weighted by molar-refractivity contribution is 0.100. The molecule has 0 aliphatic heterocycles. The molecule has 108 valence electrons. The van der Waals surface area contributed by atoms with Crippen molar-refractivity contribution < 1.29 is 13.2 Å². The number of nitrogens with two attached hydrogens (primary N) is 2. The minimum Gasteiger partial charge on any atom is -0.396 e. The lowest BCUT2D eigenvalue weighted by Gasteiger charge is -2.13. The Labute approximate surface area is 117 Å². The average Bonchev–Trinajstić information content (AvgIpc) is 2.66. The van der Waals surface area contributed by atoms with E-state index in [4.69, 9.17) is 11.5 Å². The molecule has 8 heteroatoms. The molecular formula is C11H19N3O3S2. The van der Waals surface area contributed by atoms with Crippen molar-refractivity contribution in [1.29, 1.82) is 0 Å². The molecule has 6 nitrogen and oxygen atoms in total. The largest absolute Gasteiger partial charge is 0.396 e. The van der Waals surface area contributed by atoms with E-state index in [9.17, 15) is 13.2 Å². The van der Waals surface area contributed by atoms with Crippen LogP contribution in [0.15, 0.2) is 4.90 Å². The van der Waals surface area contributed by atoms with Crippen LogP contribution in [-0.4, -0.2) is 26.1 Å². The van der Waals surface area contributed by atoms with Crippen LogP contribution in [0.25, 0.3) is 0 Å². The van der Waals surface area contributed by atoms with Crippen molar-refractivity contribution in [1.82, 2.24) is 0 Å². The van der Waals surface area contributed by atoms with Gasteiger partial charge in [0.1, 0.15) is 14.8 Å². The van der Waals surface area contributed by atoms with Gasteiger partial charge < -0.3 is 16.8 Å². The molecule has 1 atom stereocenters. The minimum absolute atomic E-state index is 0.00546. The molecule has 1 heterocycles. The fourth-order valence-electron chi connectivity index (χ4n) is 1.49. The topological polar surface area (TPSA) is 115 Å². The molecule has 1 unspecified atom stereocenters. The molecule has 0 saturated heterocycles. The van der Waals surface area contributed by atoms with Gasteiger partial charge in [0.05, 0.1) is 11.4 Å². The Kier molecular flexibility index (Phi) is 4.81. The van der Waals surface area contributed by atoms with E-state index in [1.165, 1.54) is 6.92 Å². The first-order valence-corrected chi connectivity index (χ1v) is 8.42. The predicted octanol–water partition coefficient (Wildman–Crippen LogP) is 1.43. The maximum atomic E-state index is 12.1. The zero-order valence-corrected chi connectivity index (χ0v) is 12.8. The highest BCUT2D eigenvalue weighted by Crippen LogP contribution is 2.39. The zero-order chi connectivity index (χ0) is 14.8. The van der Waals surface area contributed by atoms with Gasteiger partial charge in [0.25, 0.3) is 5.91 Å². The smallest absolute Gasteiger partial charge is 0.261 e. The zero-order valence-electron chi connectivity index (χ0n) is 11.2. The molecule has 0 aromatic carbocycles. The quantitative estimate of drug-likeness (QED) is 0.735. The maximum absolute atomic E-state index is 12.1. The Balaban J connectivity index is 3.45. The van der Waals surface area contributed by atoms with Crippen molar-refractivity contribution in [3.8, 4) is 0 Å². The van der Waals surface area contributed by atoms with Crippen LogP contribution in [0.2, 0.25) is 0 Å². The summed E-state index contributed by atoms with van der Waals surface area (Å²) in [6, 6.07) is 0.0737. The molecule has 1 rings (SSSR count). The molecule has 0 spiro atoms. The molecule has 1 aromatic heterocycles. The summed E-state index contributed by atoms with van der Waals surface area (Å²) >= 11 is 0.990. The highest BCUT2D eigenvalue weighted by Gasteiger charge is 2.28. The first-order valence-electron chi connectivity index (χ1n) is 5.95. The van der Waals surface area contributed by atoms with E-state index in [0.717, 1.165) is 17.8 Å². The number of rotatable bonds is 6. The third-order valence-electron chi connectivity index (χ3n) is 2.80. The Morgan fingerprint density at radius 1 is 1.42 bits per heavy atom. The van der Waals surface area contributed by atoms with Crippen molar-refractivity contribution in [2.24, 2.45) is 5.73 Å². The standard InChI is InChI=1S/C11H19N3O3S2/c1-4-6(3)14-11-9(19(16,17)5-2)7(12)8(18-11)10(13)15/h6,14H,4-5,12H2,1-3H3,(H2,13,15). The van der Waals surface area contributed by atoms with Gasteiger partial charge in [0.15, 0.2) is 9.84 Å².